The topological polar surface area (TPSA) is 58.6 Å². The highest BCUT2D eigenvalue weighted by Gasteiger charge is 2.22. The smallest absolute Gasteiger partial charge is 0.228 e. The molecule has 5 heteroatoms. The summed E-state index contributed by atoms with van der Waals surface area (Å²) in [6.07, 6.45) is 2.81. The zero-order chi connectivity index (χ0) is 18.5. The molecule has 5 nitrogen and oxygen atoms in total. The minimum atomic E-state index is -0.0838. The van der Waals surface area contributed by atoms with Gasteiger partial charge in [-0.2, -0.15) is 0 Å². The lowest BCUT2D eigenvalue weighted by molar-refractivity contribution is -0.119. The van der Waals surface area contributed by atoms with Crippen LogP contribution < -0.4 is 15.0 Å². The van der Waals surface area contributed by atoms with Crippen LogP contribution in [0, 0.1) is 6.92 Å². The van der Waals surface area contributed by atoms with E-state index in [1.807, 2.05) is 43.3 Å². The number of hydrogen-bond acceptors (Lipinski definition) is 3. The van der Waals surface area contributed by atoms with Gasteiger partial charge in [0, 0.05) is 24.7 Å². The molecule has 1 aliphatic heterocycles. The summed E-state index contributed by atoms with van der Waals surface area (Å²) in [5.41, 5.74) is 3.53. The molecule has 0 spiro atoms. The van der Waals surface area contributed by atoms with E-state index < -0.39 is 0 Å². The highest BCUT2D eigenvalue weighted by molar-refractivity contribution is 5.97. The number of carbonyl (C=O) groups is 2. The van der Waals surface area contributed by atoms with E-state index in [0.29, 0.717) is 30.8 Å². The van der Waals surface area contributed by atoms with Crippen LogP contribution >= 0.6 is 0 Å². The maximum atomic E-state index is 12.3. The number of aryl methyl sites for hydroxylation is 1. The quantitative estimate of drug-likeness (QED) is 0.892. The summed E-state index contributed by atoms with van der Waals surface area (Å²) in [4.78, 5) is 26.2. The molecule has 1 N–H and O–H groups in total. The molecule has 2 amide bonds. The van der Waals surface area contributed by atoms with E-state index in [1.54, 1.807) is 18.1 Å². The summed E-state index contributed by atoms with van der Waals surface area (Å²) in [6.45, 7) is 2.71. The molecule has 1 heterocycles. The van der Waals surface area contributed by atoms with Gasteiger partial charge in [-0.3, -0.25) is 9.59 Å². The summed E-state index contributed by atoms with van der Waals surface area (Å²) < 4.78 is 5.46. The van der Waals surface area contributed by atoms with Gasteiger partial charge in [0.05, 0.1) is 19.2 Å². The van der Waals surface area contributed by atoms with Gasteiger partial charge < -0.3 is 15.0 Å². The zero-order valence-electron chi connectivity index (χ0n) is 15.2. The van der Waals surface area contributed by atoms with E-state index in [-0.39, 0.29) is 11.8 Å². The van der Waals surface area contributed by atoms with Crippen LogP contribution in [-0.4, -0.2) is 25.5 Å². The SMILES string of the molecule is COc1cc(NC(=O)Cc2cccc(C)c2)ccc1N1CCCCC1=O. The van der Waals surface area contributed by atoms with E-state index in [0.717, 1.165) is 29.7 Å². The van der Waals surface area contributed by atoms with Crippen molar-refractivity contribution in [3.05, 3.63) is 53.6 Å². The number of amides is 2. The van der Waals surface area contributed by atoms with Crippen molar-refractivity contribution in [1.82, 2.24) is 0 Å². The Morgan fingerprint density at radius 2 is 2.04 bits per heavy atom. The number of ether oxygens (including phenoxy) is 1. The third-order valence-electron chi connectivity index (χ3n) is 4.52. The van der Waals surface area contributed by atoms with Crippen molar-refractivity contribution in [2.75, 3.05) is 23.9 Å². The van der Waals surface area contributed by atoms with E-state index in [9.17, 15) is 9.59 Å². The van der Waals surface area contributed by atoms with Crippen LogP contribution in [0.4, 0.5) is 11.4 Å². The van der Waals surface area contributed by atoms with E-state index >= 15 is 0 Å². The Morgan fingerprint density at radius 1 is 1.19 bits per heavy atom. The monoisotopic (exact) mass is 352 g/mol. The van der Waals surface area contributed by atoms with Crippen LogP contribution in [0.3, 0.4) is 0 Å². The van der Waals surface area contributed by atoms with Crippen molar-refractivity contribution in [3.8, 4) is 5.75 Å². The zero-order valence-corrected chi connectivity index (χ0v) is 15.2. The second kappa shape index (κ2) is 8.04. The van der Waals surface area contributed by atoms with Crippen LogP contribution in [0.1, 0.15) is 30.4 Å². The minimum Gasteiger partial charge on any atom is -0.494 e. The Balaban J connectivity index is 1.72. The molecule has 0 bridgehead atoms. The lowest BCUT2D eigenvalue weighted by atomic mass is 10.1. The number of nitrogens with one attached hydrogen (secondary N) is 1. The first-order valence-corrected chi connectivity index (χ1v) is 8.90. The average molecular weight is 352 g/mol. The molecule has 0 aliphatic carbocycles. The number of hydrogen-bond donors (Lipinski definition) is 1. The molecule has 1 fully saturated rings. The van der Waals surface area contributed by atoms with Gasteiger partial charge in [0.2, 0.25) is 11.8 Å². The van der Waals surface area contributed by atoms with Gasteiger partial charge in [0.25, 0.3) is 0 Å². The Hall–Kier alpha value is -2.82. The van der Waals surface area contributed by atoms with Crippen molar-refractivity contribution >= 4 is 23.2 Å². The van der Waals surface area contributed by atoms with Crippen LogP contribution in [0.15, 0.2) is 42.5 Å². The first kappa shape index (κ1) is 18.0. The predicted octanol–water partition coefficient (Wildman–Crippen LogP) is 3.70. The van der Waals surface area contributed by atoms with Gasteiger partial charge in [-0.05, 0) is 37.5 Å². The van der Waals surface area contributed by atoms with Crippen LogP contribution in [-0.2, 0) is 16.0 Å². The average Bonchev–Trinajstić information content (AvgIpc) is 2.62. The molecule has 3 rings (SSSR count). The maximum Gasteiger partial charge on any atom is 0.228 e. The van der Waals surface area contributed by atoms with E-state index in [2.05, 4.69) is 5.32 Å². The van der Waals surface area contributed by atoms with Crippen LogP contribution in [0.25, 0.3) is 0 Å². The van der Waals surface area contributed by atoms with Crippen LogP contribution in [0.2, 0.25) is 0 Å². The molecule has 136 valence electrons. The number of rotatable bonds is 5. The Morgan fingerprint density at radius 3 is 2.77 bits per heavy atom. The van der Waals surface area contributed by atoms with E-state index in [4.69, 9.17) is 4.74 Å². The maximum absolute atomic E-state index is 12.3. The fourth-order valence-electron chi connectivity index (χ4n) is 3.25. The lowest BCUT2D eigenvalue weighted by Crippen LogP contribution is -2.35. The van der Waals surface area contributed by atoms with E-state index in [1.165, 1.54) is 0 Å². The summed E-state index contributed by atoms with van der Waals surface area (Å²) in [7, 11) is 1.58. The Labute approximate surface area is 154 Å². The van der Waals surface area contributed by atoms with Crippen molar-refractivity contribution in [2.45, 2.75) is 32.6 Å². The van der Waals surface area contributed by atoms with Gasteiger partial charge in [-0.15, -0.1) is 0 Å². The second-order valence-electron chi connectivity index (χ2n) is 6.60. The summed E-state index contributed by atoms with van der Waals surface area (Å²) >= 11 is 0. The largest absolute Gasteiger partial charge is 0.494 e. The normalized spacial score (nSPS) is 14.2. The summed E-state index contributed by atoms with van der Waals surface area (Å²) in [5.74, 6) is 0.624. The Kier molecular flexibility index (Phi) is 5.56. The molecule has 26 heavy (non-hydrogen) atoms. The van der Waals surface area contributed by atoms with Crippen molar-refractivity contribution in [2.24, 2.45) is 0 Å². The Bertz CT molecular complexity index is 817. The molecule has 0 unspecified atom stereocenters. The van der Waals surface area contributed by atoms with Crippen molar-refractivity contribution < 1.29 is 14.3 Å². The third kappa shape index (κ3) is 4.23. The third-order valence-corrected chi connectivity index (χ3v) is 4.52. The standard InChI is InChI=1S/C21H24N2O3/c1-15-6-5-7-16(12-15)13-20(24)22-17-9-10-18(19(14-17)26-2)23-11-4-3-8-21(23)25/h5-7,9-10,12,14H,3-4,8,11,13H2,1-2H3,(H,22,24). The van der Waals surface area contributed by atoms with Gasteiger partial charge in [-0.1, -0.05) is 29.8 Å². The molecule has 1 saturated heterocycles. The highest BCUT2D eigenvalue weighted by atomic mass is 16.5. The fourth-order valence-corrected chi connectivity index (χ4v) is 3.25. The predicted molar refractivity (Wildman–Crippen MR) is 103 cm³/mol. The molecule has 0 saturated carbocycles. The molecular formula is C21H24N2O3. The number of nitrogens with zero attached hydrogens (tertiary/aromatic N) is 1. The summed E-state index contributed by atoms with van der Waals surface area (Å²) in [5, 5.41) is 2.90. The number of benzene rings is 2. The molecule has 0 radical (unpaired) electrons. The molecule has 1 aliphatic rings. The first-order valence-electron chi connectivity index (χ1n) is 8.90. The number of methoxy groups -OCH3 is 1. The van der Waals surface area contributed by atoms with Gasteiger partial charge in [-0.25, -0.2) is 0 Å². The number of piperidine rings is 1. The number of anilines is 2. The van der Waals surface area contributed by atoms with Crippen molar-refractivity contribution in [1.29, 1.82) is 0 Å². The molecule has 2 aromatic carbocycles. The number of carbonyl (C=O) groups excluding carboxylic acids is 2. The van der Waals surface area contributed by atoms with Gasteiger partial charge in [0.1, 0.15) is 5.75 Å². The highest BCUT2D eigenvalue weighted by Crippen LogP contribution is 2.33. The summed E-state index contributed by atoms with van der Waals surface area (Å²) in [6, 6.07) is 13.3. The molecule has 2 aromatic rings. The lowest BCUT2D eigenvalue weighted by Gasteiger charge is -2.28. The first-order chi connectivity index (χ1) is 12.6. The van der Waals surface area contributed by atoms with Gasteiger partial charge >= 0.3 is 0 Å². The van der Waals surface area contributed by atoms with Crippen molar-refractivity contribution in [3.63, 3.8) is 0 Å². The molecule has 0 aromatic heterocycles. The molecule has 0 atom stereocenters. The second-order valence-corrected chi connectivity index (χ2v) is 6.60. The van der Waals surface area contributed by atoms with Gasteiger partial charge in [0.15, 0.2) is 0 Å². The fraction of sp³-hybridized carbons (Fsp3) is 0.333. The van der Waals surface area contributed by atoms with Crippen LogP contribution in [0.5, 0.6) is 5.75 Å². The molecular weight excluding hydrogens is 328 g/mol. The minimum absolute atomic E-state index is 0.0838.